The molecule has 0 saturated heterocycles. The van der Waals surface area contributed by atoms with E-state index < -0.39 is 6.10 Å². The van der Waals surface area contributed by atoms with Crippen LogP contribution in [0.2, 0.25) is 0 Å². The average molecular weight is 358 g/mol. The standard InChI is InChI=1S/C17H28BrNO2/c1-13(2)5-4-10-21-12-17(20)11-19-14(3)15-6-8-16(18)9-7-15/h6-9,13-14,17,19-20H,4-5,10-12H2,1-3H3/t14-,17?/m0/s1. The van der Waals surface area contributed by atoms with Gasteiger partial charge in [0.15, 0.2) is 0 Å². The number of hydrogen-bond donors (Lipinski definition) is 2. The average Bonchev–Trinajstić information content (AvgIpc) is 2.44. The van der Waals surface area contributed by atoms with Gasteiger partial charge in [0.2, 0.25) is 0 Å². The van der Waals surface area contributed by atoms with Gasteiger partial charge in [0.05, 0.1) is 12.7 Å². The van der Waals surface area contributed by atoms with Gasteiger partial charge in [-0.2, -0.15) is 0 Å². The Hall–Kier alpha value is -0.420. The Labute approximate surface area is 137 Å². The van der Waals surface area contributed by atoms with Crippen molar-refractivity contribution in [3.8, 4) is 0 Å². The van der Waals surface area contributed by atoms with E-state index in [4.69, 9.17) is 4.74 Å². The van der Waals surface area contributed by atoms with Gasteiger partial charge in [-0.3, -0.25) is 0 Å². The van der Waals surface area contributed by atoms with Crippen LogP contribution in [0.5, 0.6) is 0 Å². The smallest absolute Gasteiger partial charge is 0.0897 e. The second kappa shape index (κ2) is 10.3. The molecule has 4 heteroatoms. The van der Waals surface area contributed by atoms with E-state index in [2.05, 4.69) is 54.2 Å². The molecule has 0 aromatic heterocycles. The molecule has 2 N–H and O–H groups in total. The zero-order valence-corrected chi connectivity index (χ0v) is 14.9. The summed E-state index contributed by atoms with van der Waals surface area (Å²) in [7, 11) is 0. The van der Waals surface area contributed by atoms with Crippen molar-refractivity contribution in [2.45, 2.75) is 45.8 Å². The number of aliphatic hydroxyl groups excluding tert-OH is 1. The minimum absolute atomic E-state index is 0.216. The first-order valence-electron chi connectivity index (χ1n) is 7.73. The van der Waals surface area contributed by atoms with Crippen LogP contribution in [0.1, 0.15) is 45.2 Å². The zero-order chi connectivity index (χ0) is 15.7. The van der Waals surface area contributed by atoms with Crippen molar-refractivity contribution >= 4 is 15.9 Å². The molecule has 21 heavy (non-hydrogen) atoms. The van der Waals surface area contributed by atoms with Crippen molar-refractivity contribution < 1.29 is 9.84 Å². The lowest BCUT2D eigenvalue weighted by Crippen LogP contribution is -2.32. The van der Waals surface area contributed by atoms with Crippen LogP contribution in [0.15, 0.2) is 28.7 Å². The van der Waals surface area contributed by atoms with Crippen molar-refractivity contribution in [1.82, 2.24) is 5.32 Å². The van der Waals surface area contributed by atoms with Gasteiger partial charge < -0.3 is 15.2 Å². The maximum Gasteiger partial charge on any atom is 0.0897 e. The Morgan fingerprint density at radius 1 is 1.19 bits per heavy atom. The number of ether oxygens (including phenoxy) is 1. The predicted octanol–water partition coefficient (Wildman–Crippen LogP) is 3.91. The van der Waals surface area contributed by atoms with Crippen molar-refractivity contribution in [2.75, 3.05) is 19.8 Å². The van der Waals surface area contributed by atoms with E-state index >= 15 is 0 Å². The number of halogens is 1. The van der Waals surface area contributed by atoms with Crippen LogP contribution in [0.25, 0.3) is 0 Å². The summed E-state index contributed by atoms with van der Waals surface area (Å²) in [5.74, 6) is 0.715. The van der Waals surface area contributed by atoms with Gasteiger partial charge in [-0.25, -0.2) is 0 Å². The number of rotatable bonds is 10. The van der Waals surface area contributed by atoms with Gasteiger partial charge in [0.25, 0.3) is 0 Å². The van der Waals surface area contributed by atoms with Gasteiger partial charge in [-0.05, 0) is 43.4 Å². The largest absolute Gasteiger partial charge is 0.389 e. The monoisotopic (exact) mass is 357 g/mol. The van der Waals surface area contributed by atoms with Gasteiger partial charge in [0.1, 0.15) is 0 Å². The van der Waals surface area contributed by atoms with Gasteiger partial charge in [-0.1, -0.05) is 41.9 Å². The summed E-state index contributed by atoms with van der Waals surface area (Å²) >= 11 is 3.43. The second-order valence-electron chi connectivity index (χ2n) is 5.95. The molecule has 0 bridgehead atoms. The minimum atomic E-state index is -0.457. The summed E-state index contributed by atoms with van der Waals surface area (Å²) in [6.07, 6.45) is 1.78. The van der Waals surface area contributed by atoms with Crippen LogP contribution in [-0.2, 0) is 4.74 Å². The van der Waals surface area contributed by atoms with E-state index in [1.54, 1.807) is 0 Å². The molecule has 0 spiro atoms. The van der Waals surface area contributed by atoms with E-state index in [0.29, 0.717) is 19.1 Å². The maximum atomic E-state index is 9.90. The van der Waals surface area contributed by atoms with Crippen LogP contribution in [0.3, 0.4) is 0 Å². The van der Waals surface area contributed by atoms with E-state index in [1.165, 1.54) is 12.0 Å². The fourth-order valence-electron chi connectivity index (χ4n) is 2.05. The molecular weight excluding hydrogens is 330 g/mol. The number of benzene rings is 1. The Morgan fingerprint density at radius 2 is 1.86 bits per heavy atom. The summed E-state index contributed by atoms with van der Waals surface area (Å²) in [5.41, 5.74) is 1.21. The summed E-state index contributed by atoms with van der Waals surface area (Å²) in [6.45, 7) is 8.20. The third kappa shape index (κ3) is 8.57. The van der Waals surface area contributed by atoms with Crippen LogP contribution in [-0.4, -0.2) is 31.0 Å². The molecule has 0 radical (unpaired) electrons. The highest BCUT2D eigenvalue weighted by Crippen LogP contribution is 2.16. The topological polar surface area (TPSA) is 41.5 Å². The van der Waals surface area contributed by atoms with Crippen molar-refractivity contribution in [2.24, 2.45) is 5.92 Å². The highest BCUT2D eigenvalue weighted by Gasteiger charge is 2.09. The van der Waals surface area contributed by atoms with Gasteiger partial charge >= 0.3 is 0 Å². The first kappa shape index (κ1) is 18.6. The molecule has 1 aromatic carbocycles. The summed E-state index contributed by atoms with van der Waals surface area (Å²) in [6, 6.07) is 8.44. The fraction of sp³-hybridized carbons (Fsp3) is 0.647. The molecule has 0 aliphatic rings. The molecule has 0 aliphatic carbocycles. The number of aliphatic hydroxyl groups is 1. The third-order valence-electron chi connectivity index (χ3n) is 3.41. The fourth-order valence-corrected chi connectivity index (χ4v) is 2.32. The SMILES string of the molecule is CC(C)CCCOCC(O)CN[C@@H](C)c1ccc(Br)cc1. The van der Waals surface area contributed by atoms with Crippen molar-refractivity contribution in [3.05, 3.63) is 34.3 Å². The normalized spacial score (nSPS) is 14.4. The quantitative estimate of drug-likeness (QED) is 0.623. The highest BCUT2D eigenvalue weighted by atomic mass is 79.9. The number of hydrogen-bond acceptors (Lipinski definition) is 3. The molecule has 3 nitrogen and oxygen atoms in total. The van der Waals surface area contributed by atoms with Crippen molar-refractivity contribution in [1.29, 1.82) is 0 Å². The summed E-state index contributed by atoms with van der Waals surface area (Å²) in [5, 5.41) is 13.2. The van der Waals surface area contributed by atoms with Crippen molar-refractivity contribution in [3.63, 3.8) is 0 Å². The van der Waals surface area contributed by atoms with E-state index in [-0.39, 0.29) is 6.04 Å². The highest BCUT2D eigenvalue weighted by molar-refractivity contribution is 9.10. The van der Waals surface area contributed by atoms with Gasteiger partial charge in [-0.15, -0.1) is 0 Å². The minimum Gasteiger partial charge on any atom is -0.389 e. The van der Waals surface area contributed by atoms with E-state index in [1.807, 2.05) is 12.1 Å². The van der Waals surface area contributed by atoms with Crippen LogP contribution >= 0.6 is 15.9 Å². The Morgan fingerprint density at radius 3 is 2.48 bits per heavy atom. The number of nitrogens with one attached hydrogen (secondary N) is 1. The molecule has 0 fully saturated rings. The molecular formula is C17H28BrNO2. The molecule has 2 atom stereocenters. The summed E-state index contributed by atoms with van der Waals surface area (Å²) in [4.78, 5) is 0. The van der Waals surface area contributed by atoms with Crippen LogP contribution in [0, 0.1) is 5.92 Å². The molecule has 0 heterocycles. The molecule has 120 valence electrons. The Bertz CT molecular complexity index is 381. The molecule has 1 unspecified atom stereocenters. The van der Waals surface area contributed by atoms with Crippen LogP contribution < -0.4 is 5.32 Å². The molecule has 1 aromatic rings. The van der Waals surface area contributed by atoms with Gasteiger partial charge in [0, 0.05) is 23.7 Å². The lowest BCUT2D eigenvalue weighted by Gasteiger charge is -2.18. The Balaban J connectivity index is 2.14. The summed E-state index contributed by atoms with van der Waals surface area (Å²) < 4.78 is 6.58. The first-order valence-corrected chi connectivity index (χ1v) is 8.53. The zero-order valence-electron chi connectivity index (χ0n) is 13.3. The lowest BCUT2D eigenvalue weighted by atomic mass is 10.1. The molecule has 0 amide bonds. The first-order chi connectivity index (χ1) is 9.99. The van der Waals surface area contributed by atoms with E-state index in [0.717, 1.165) is 17.5 Å². The molecule has 1 rings (SSSR count). The van der Waals surface area contributed by atoms with E-state index in [9.17, 15) is 5.11 Å². The Kier molecular flexibility index (Phi) is 9.16. The lowest BCUT2D eigenvalue weighted by molar-refractivity contribution is 0.0337. The molecule has 0 saturated carbocycles. The molecule has 0 aliphatic heterocycles. The predicted molar refractivity (Wildman–Crippen MR) is 91.5 cm³/mol. The third-order valence-corrected chi connectivity index (χ3v) is 3.94. The maximum absolute atomic E-state index is 9.90. The second-order valence-corrected chi connectivity index (χ2v) is 6.86. The van der Waals surface area contributed by atoms with Crippen LogP contribution in [0.4, 0.5) is 0 Å².